The van der Waals surface area contributed by atoms with Crippen molar-refractivity contribution in [3.05, 3.63) is 18.3 Å². The van der Waals surface area contributed by atoms with Gasteiger partial charge in [-0.15, -0.1) is 0 Å². The predicted octanol–water partition coefficient (Wildman–Crippen LogP) is 4.86. The third kappa shape index (κ3) is 2.02. The van der Waals surface area contributed by atoms with Crippen LogP contribution in [0.3, 0.4) is 0 Å². The van der Waals surface area contributed by atoms with Gasteiger partial charge in [-0.2, -0.15) is 0 Å². The Kier molecular flexibility index (Phi) is 4.36. The average Bonchev–Trinajstić information content (AvgIpc) is 2.08. The van der Waals surface area contributed by atoms with Gasteiger partial charge in [0.2, 0.25) is 0 Å². The van der Waals surface area contributed by atoms with E-state index in [1.807, 2.05) is 0 Å². The van der Waals surface area contributed by atoms with Crippen molar-refractivity contribution in [2.24, 2.45) is 5.92 Å². The highest BCUT2D eigenvalue weighted by molar-refractivity contribution is 14.1. The minimum Gasteiger partial charge on any atom is -0.0763 e. The quantitative estimate of drug-likeness (QED) is 0.330. The zero-order valence-corrected chi connectivity index (χ0v) is 13.8. The highest BCUT2D eigenvalue weighted by atomic mass is 127. The molecule has 0 aromatic rings. The van der Waals surface area contributed by atoms with E-state index < -0.39 is 0 Å². The van der Waals surface area contributed by atoms with E-state index >= 15 is 0 Å². The molecule has 0 aliphatic heterocycles. The van der Waals surface area contributed by atoms with Crippen molar-refractivity contribution in [1.29, 1.82) is 0 Å². The molecule has 2 atom stereocenters. The van der Waals surface area contributed by atoms with Gasteiger partial charge in [-0.1, -0.05) is 35.1 Å². The maximum absolute atomic E-state index is 2.55. The first kappa shape index (κ1) is 11.7. The summed E-state index contributed by atoms with van der Waals surface area (Å²) in [7, 11) is 0. The number of rotatable bonds is 0. The first-order valence-electron chi connectivity index (χ1n) is 3.83. The number of halogens is 3. The summed E-state index contributed by atoms with van der Waals surface area (Å²) in [6.45, 7) is 6.80. The molecule has 68 valence electrons. The van der Waals surface area contributed by atoms with Gasteiger partial charge in [0.15, 0.2) is 0 Å². The molecule has 0 fully saturated rings. The lowest BCUT2D eigenvalue weighted by Gasteiger charge is -2.27. The zero-order valence-electron chi connectivity index (χ0n) is 7.29. The molecule has 0 bridgehead atoms. The molecule has 0 spiro atoms. The molecular formula is C9H11I3. The van der Waals surface area contributed by atoms with E-state index in [1.54, 1.807) is 5.57 Å². The van der Waals surface area contributed by atoms with Crippen LogP contribution >= 0.6 is 67.8 Å². The summed E-state index contributed by atoms with van der Waals surface area (Å²) in [5.74, 6) is 0.702. The van der Waals surface area contributed by atoms with E-state index in [2.05, 4.69) is 88.5 Å². The first-order chi connectivity index (χ1) is 5.46. The maximum atomic E-state index is 2.55. The lowest BCUT2D eigenvalue weighted by molar-refractivity contribution is 0.709. The average molecular weight is 500 g/mol. The van der Waals surface area contributed by atoms with E-state index in [0.29, 0.717) is 9.84 Å². The van der Waals surface area contributed by atoms with Crippen LogP contribution in [0, 0.1) is 5.92 Å². The largest absolute Gasteiger partial charge is 0.0763 e. The second-order valence-electron chi connectivity index (χ2n) is 3.16. The van der Waals surface area contributed by atoms with Crippen LogP contribution in [-0.4, -0.2) is 3.92 Å². The summed E-state index contributed by atoms with van der Waals surface area (Å²) >= 11 is 7.49. The van der Waals surface area contributed by atoms with Crippen molar-refractivity contribution in [1.82, 2.24) is 0 Å². The highest BCUT2D eigenvalue weighted by Crippen LogP contribution is 2.43. The number of hydrogen-bond donors (Lipinski definition) is 0. The summed E-state index contributed by atoms with van der Waals surface area (Å²) in [6.07, 6.45) is 0. The Morgan fingerprint density at radius 3 is 2.17 bits per heavy atom. The van der Waals surface area contributed by atoms with Gasteiger partial charge >= 0.3 is 0 Å². The van der Waals surface area contributed by atoms with E-state index in [1.165, 1.54) is 12.7 Å². The number of hydrogen-bond acceptors (Lipinski definition) is 0. The van der Waals surface area contributed by atoms with E-state index in [0.717, 1.165) is 0 Å². The number of allylic oxidation sites excluding steroid dienone is 4. The molecule has 0 nitrogen and oxygen atoms in total. The van der Waals surface area contributed by atoms with Crippen molar-refractivity contribution in [3.63, 3.8) is 0 Å². The zero-order chi connectivity index (χ0) is 9.46. The van der Waals surface area contributed by atoms with Crippen LogP contribution in [0.4, 0.5) is 0 Å². The van der Waals surface area contributed by atoms with Crippen LogP contribution in [-0.2, 0) is 0 Å². The minimum absolute atomic E-state index is 0.682. The maximum Gasteiger partial charge on any atom is 0.0483 e. The van der Waals surface area contributed by atoms with E-state index in [4.69, 9.17) is 0 Å². The molecule has 0 heterocycles. The van der Waals surface area contributed by atoms with Crippen molar-refractivity contribution in [2.45, 2.75) is 24.7 Å². The Labute approximate surface area is 115 Å². The van der Waals surface area contributed by atoms with Crippen molar-refractivity contribution in [2.75, 3.05) is 0 Å². The third-order valence-corrected chi connectivity index (χ3v) is 8.43. The summed E-state index contributed by atoms with van der Waals surface area (Å²) < 4.78 is 3.68. The molecule has 1 aliphatic rings. The van der Waals surface area contributed by atoms with Gasteiger partial charge in [0.25, 0.3) is 0 Å². The van der Waals surface area contributed by atoms with E-state index in [9.17, 15) is 0 Å². The molecule has 1 unspecified atom stereocenters. The van der Waals surface area contributed by atoms with E-state index in [-0.39, 0.29) is 0 Å². The molecule has 0 amide bonds. The van der Waals surface area contributed by atoms with Crippen molar-refractivity contribution in [3.8, 4) is 0 Å². The Balaban J connectivity index is 3.18. The lowest BCUT2D eigenvalue weighted by Crippen LogP contribution is -2.18. The topological polar surface area (TPSA) is 0 Å². The summed E-state index contributed by atoms with van der Waals surface area (Å²) in [5, 5.41) is 0. The fourth-order valence-electron chi connectivity index (χ4n) is 1.25. The molecule has 3 heteroatoms. The van der Waals surface area contributed by atoms with Crippen LogP contribution in [0.5, 0.6) is 0 Å². The van der Waals surface area contributed by atoms with Crippen LogP contribution < -0.4 is 0 Å². The third-order valence-electron chi connectivity index (χ3n) is 2.40. The fourth-order valence-corrected chi connectivity index (χ4v) is 4.36. The second kappa shape index (κ2) is 4.46. The predicted molar refractivity (Wildman–Crippen MR) is 80.4 cm³/mol. The van der Waals surface area contributed by atoms with Gasteiger partial charge in [0.05, 0.1) is 0 Å². The highest BCUT2D eigenvalue weighted by Gasteiger charge is 2.26. The van der Waals surface area contributed by atoms with Crippen molar-refractivity contribution < 1.29 is 0 Å². The smallest absolute Gasteiger partial charge is 0.0483 e. The Hall–Kier alpha value is 1.67. The molecule has 0 N–H and O–H groups in total. The van der Waals surface area contributed by atoms with Crippen LogP contribution in [0.1, 0.15) is 20.8 Å². The van der Waals surface area contributed by atoms with Crippen LogP contribution in [0.25, 0.3) is 0 Å². The van der Waals surface area contributed by atoms with Gasteiger partial charge in [-0.3, -0.25) is 0 Å². The molecule has 0 radical (unpaired) electrons. The summed E-state index contributed by atoms with van der Waals surface area (Å²) in [5.41, 5.74) is 3.03. The van der Waals surface area contributed by atoms with Crippen LogP contribution in [0.15, 0.2) is 18.3 Å². The lowest BCUT2D eigenvalue weighted by atomic mass is 9.91. The van der Waals surface area contributed by atoms with Gasteiger partial charge in [-0.25, -0.2) is 0 Å². The van der Waals surface area contributed by atoms with Crippen LogP contribution in [0.2, 0.25) is 0 Å². The Bertz CT molecular complexity index is 235. The number of alkyl halides is 1. The fraction of sp³-hybridized carbons (Fsp3) is 0.556. The normalized spacial score (nSPS) is 31.5. The summed E-state index contributed by atoms with van der Waals surface area (Å²) in [6, 6.07) is 0. The molecule has 0 saturated heterocycles. The molecule has 1 rings (SSSR count). The van der Waals surface area contributed by atoms with Gasteiger partial charge in [0, 0.05) is 11.1 Å². The van der Waals surface area contributed by atoms with Gasteiger partial charge in [0.1, 0.15) is 0 Å². The first-order valence-corrected chi connectivity index (χ1v) is 7.24. The molecule has 0 aromatic heterocycles. The van der Waals surface area contributed by atoms with Crippen molar-refractivity contribution >= 4 is 67.8 Å². The minimum atomic E-state index is 0.682. The molecule has 0 saturated carbocycles. The van der Waals surface area contributed by atoms with Gasteiger partial charge in [-0.05, 0) is 70.5 Å². The molecule has 1 aliphatic carbocycles. The van der Waals surface area contributed by atoms with Gasteiger partial charge < -0.3 is 0 Å². The Morgan fingerprint density at radius 2 is 1.67 bits per heavy atom. The molecular weight excluding hydrogens is 489 g/mol. The second-order valence-corrected chi connectivity index (χ2v) is 6.74. The Morgan fingerprint density at radius 1 is 1.17 bits per heavy atom. The summed E-state index contributed by atoms with van der Waals surface area (Å²) in [4.78, 5) is 0. The molecule has 0 aromatic carbocycles. The monoisotopic (exact) mass is 500 g/mol. The standard InChI is InChI=1S/C9H11I3/c1-4-5(2)8(11)9(12)6(3)7(4)10/h5,8H,1-3H3/t5?,8-/m1/s1. The SMILES string of the molecule is CC1=C(I)[C@H](I)C(C)C(C)=C1I. The molecule has 12 heavy (non-hydrogen) atoms.